The third-order valence-corrected chi connectivity index (χ3v) is 2.66. The summed E-state index contributed by atoms with van der Waals surface area (Å²) < 4.78 is 0. The maximum atomic E-state index is 11.7. The van der Waals surface area contributed by atoms with E-state index in [-0.39, 0.29) is 16.8 Å². The SMILES string of the molecule is CC(=O)c1ccc(NC(=S)NC(=O)C(C)(C)C)cc1. The molecule has 5 heteroatoms. The number of carbonyl (C=O) groups is 2. The molecule has 0 fully saturated rings. The molecule has 0 aliphatic heterocycles. The molecule has 1 aromatic rings. The highest BCUT2D eigenvalue weighted by molar-refractivity contribution is 7.80. The summed E-state index contributed by atoms with van der Waals surface area (Å²) in [6, 6.07) is 6.90. The van der Waals surface area contributed by atoms with Crippen LogP contribution in [0.2, 0.25) is 0 Å². The number of amides is 1. The van der Waals surface area contributed by atoms with Gasteiger partial charge in [-0.15, -0.1) is 0 Å². The highest BCUT2D eigenvalue weighted by Crippen LogP contribution is 2.13. The van der Waals surface area contributed by atoms with Gasteiger partial charge in [0.2, 0.25) is 5.91 Å². The lowest BCUT2D eigenvalue weighted by molar-refractivity contribution is -0.126. The number of carbonyl (C=O) groups excluding carboxylic acids is 2. The van der Waals surface area contributed by atoms with Crippen LogP contribution in [0.1, 0.15) is 38.1 Å². The molecular formula is C14H18N2O2S. The van der Waals surface area contributed by atoms with Crippen LogP contribution < -0.4 is 10.6 Å². The van der Waals surface area contributed by atoms with Crippen LogP contribution in [-0.4, -0.2) is 16.8 Å². The molecule has 0 unspecified atom stereocenters. The topological polar surface area (TPSA) is 58.2 Å². The molecule has 0 heterocycles. The van der Waals surface area contributed by atoms with Crippen LogP contribution in [0.3, 0.4) is 0 Å². The van der Waals surface area contributed by atoms with Crippen molar-refractivity contribution >= 4 is 34.7 Å². The van der Waals surface area contributed by atoms with Crippen LogP contribution in [-0.2, 0) is 4.79 Å². The van der Waals surface area contributed by atoms with Gasteiger partial charge in [0, 0.05) is 16.7 Å². The van der Waals surface area contributed by atoms with E-state index in [2.05, 4.69) is 10.6 Å². The summed E-state index contributed by atoms with van der Waals surface area (Å²) in [6.07, 6.45) is 0. The van der Waals surface area contributed by atoms with E-state index < -0.39 is 5.41 Å². The number of hydrogen-bond donors (Lipinski definition) is 2. The molecule has 1 amide bonds. The van der Waals surface area contributed by atoms with Crippen LogP contribution in [0.15, 0.2) is 24.3 Å². The molecule has 0 saturated carbocycles. The van der Waals surface area contributed by atoms with E-state index in [9.17, 15) is 9.59 Å². The number of nitrogens with one attached hydrogen (secondary N) is 2. The summed E-state index contributed by atoms with van der Waals surface area (Å²) in [7, 11) is 0. The Hall–Kier alpha value is -1.75. The highest BCUT2D eigenvalue weighted by Gasteiger charge is 2.21. The normalized spacial score (nSPS) is 10.7. The minimum Gasteiger partial charge on any atom is -0.332 e. The van der Waals surface area contributed by atoms with Crippen molar-refractivity contribution in [1.29, 1.82) is 0 Å². The lowest BCUT2D eigenvalue weighted by Crippen LogP contribution is -2.41. The summed E-state index contributed by atoms with van der Waals surface area (Å²) in [5.41, 5.74) is 0.865. The number of thiocarbonyl (C=S) groups is 1. The third kappa shape index (κ3) is 4.79. The Labute approximate surface area is 118 Å². The molecule has 0 atom stereocenters. The standard InChI is InChI=1S/C14H18N2O2S/c1-9(17)10-5-7-11(8-6-10)15-13(19)16-12(18)14(2,3)4/h5-8H,1-4H3,(H2,15,16,18,19). The largest absolute Gasteiger partial charge is 0.332 e. The summed E-state index contributed by atoms with van der Waals surface area (Å²) in [5.74, 6) is -0.138. The van der Waals surface area contributed by atoms with E-state index in [1.54, 1.807) is 24.3 Å². The second-order valence-electron chi connectivity index (χ2n) is 5.29. The van der Waals surface area contributed by atoms with Gasteiger partial charge in [-0.3, -0.25) is 9.59 Å². The predicted molar refractivity (Wildman–Crippen MR) is 80.3 cm³/mol. The van der Waals surface area contributed by atoms with E-state index in [4.69, 9.17) is 12.2 Å². The minimum absolute atomic E-state index is 0.00941. The molecule has 102 valence electrons. The van der Waals surface area contributed by atoms with Crippen LogP contribution in [0.5, 0.6) is 0 Å². The van der Waals surface area contributed by atoms with Gasteiger partial charge in [-0.1, -0.05) is 20.8 Å². The Balaban J connectivity index is 2.63. The Morgan fingerprint density at radius 2 is 1.63 bits per heavy atom. The van der Waals surface area contributed by atoms with Crippen molar-refractivity contribution in [3.8, 4) is 0 Å². The van der Waals surface area contributed by atoms with Gasteiger partial charge in [-0.25, -0.2) is 0 Å². The summed E-state index contributed by atoms with van der Waals surface area (Å²) >= 11 is 5.06. The zero-order valence-corrected chi connectivity index (χ0v) is 12.4. The Kier molecular flexibility index (Phi) is 4.78. The maximum Gasteiger partial charge on any atom is 0.231 e. The number of rotatable bonds is 2. The first-order valence-electron chi connectivity index (χ1n) is 5.93. The van der Waals surface area contributed by atoms with E-state index in [0.29, 0.717) is 5.56 Å². The first-order valence-corrected chi connectivity index (χ1v) is 6.34. The van der Waals surface area contributed by atoms with Crippen LogP contribution in [0.25, 0.3) is 0 Å². The van der Waals surface area contributed by atoms with Gasteiger partial charge in [0.15, 0.2) is 10.9 Å². The molecular weight excluding hydrogens is 260 g/mol. The summed E-state index contributed by atoms with van der Waals surface area (Å²) in [6.45, 7) is 6.95. The monoisotopic (exact) mass is 278 g/mol. The summed E-state index contributed by atoms with van der Waals surface area (Å²) in [4.78, 5) is 22.9. The molecule has 1 rings (SSSR count). The summed E-state index contributed by atoms with van der Waals surface area (Å²) in [5, 5.41) is 5.77. The quantitative estimate of drug-likeness (QED) is 0.645. The fourth-order valence-electron chi connectivity index (χ4n) is 1.24. The average molecular weight is 278 g/mol. The zero-order valence-electron chi connectivity index (χ0n) is 11.5. The predicted octanol–water partition coefficient (Wildman–Crippen LogP) is 2.75. The van der Waals surface area contributed by atoms with E-state index in [0.717, 1.165) is 5.69 Å². The van der Waals surface area contributed by atoms with Crippen LogP contribution in [0, 0.1) is 5.41 Å². The minimum atomic E-state index is -0.496. The van der Waals surface area contributed by atoms with Crippen LogP contribution in [0.4, 0.5) is 5.69 Å². The molecule has 0 saturated heterocycles. The second-order valence-corrected chi connectivity index (χ2v) is 5.70. The molecule has 0 aromatic heterocycles. The molecule has 1 aromatic carbocycles. The lowest BCUT2D eigenvalue weighted by Gasteiger charge is -2.18. The molecule has 0 aliphatic carbocycles. The first kappa shape index (κ1) is 15.3. The molecule has 0 bridgehead atoms. The van der Waals surface area contributed by atoms with Crippen molar-refractivity contribution in [3.63, 3.8) is 0 Å². The molecule has 4 nitrogen and oxygen atoms in total. The fraction of sp³-hybridized carbons (Fsp3) is 0.357. The van der Waals surface area contributed by atoms with Gasteiger partial charge in [0.05, 0.1) is 0 Å². The third-order valence-electron chi connectivity index (χ3n) is 2.46. The van der Waals surface area contributed by atoms with Crippen LogP contribution >= 0.6 is 12.2 Å². The fourth-order valence-corrected chi connectivity index (χ4v) is 1.45. The Bertz CT molecular complexity index is 501. The van der Waals surface area contributed by atoms with Crippen molar-refractivity contribution in [2.45, 2.75) is 27.7 Å². The maximum absolute atomic E-state index is 11.7. The highest BCUT2D eigenvalue weighted by atomic mass is 32.1. The van der Waals surface area contributed by atoms with Gasteiger partial charge in [-0.2, -0.15) is 0 Å². The Morgan fingerprint density at radius 1 is 1.11 bits per heavy atom. The molecule has 2 N–H and O–H groups in total. The number of anilines is 1. The smallest absolute Gasteiger partial charge is 0.231 e. The molecule has 0 aliphatic rings. The zero-order chi connectivity index (χ0) is 14.6. The van der Waals surface area contributed by atoms with Gasteiger partial charge >= 0.3 is 0 Å². The van der Waals surface area contributed by atoms with E-state index in [1.165, 1.54) is 6.92 Å². The van der Waals surface area contributed by atoms with E-state index >= 15 is 0 Å². The number of ketones is 1. The van der Waals surface area contributed by atoms with Crippen molar-refractivity contribution in [2.24, 2.45) is 5.41 Å². The van der Waals surface area contributed by atoms with Gasteiger partial charge in [0.1, 0.15) is 0 Å². The number of Topliss-reactive ketones (excluding diaryl/α,β-unsaturated/α-hetero) is 1. The van der Waals surface area contributed by atoms with E-state index in [1.807, 2.05) is 20.8 Å². The van der Waals surface area contributed by atoms with Gasteiger partial charge in [0.25, 0.3) is 0 Å². The average Bonchev–Trinajstić information content (AvgIpc) is 2.28. The molecule has 19 heavy (non-hydrogen) atoms. The number of benzene rings is 1. The van der Waals surface area contributed by atoms with Crippen molar-refractivity contribution in [3.05, 3.63) is 29.8 Å². The molecule has 0 spiro atoms. The molecule has 0 radical (unpaired) electrons. The van der Waals surface area contributed by atoms with Crippen molar-refractivity contribution in [1.82, 2.24) is 5.32 Å². The number of hydrogen-bond acceptors (Lipinski definition) is 3. The van der Waals surface area contributed by atoms with Gasteiger partial charge < -0.3 is 10.6 Å². The van der Waals surface area contributed by atoms with Crippen molar-refractivity contribution in [2.75, 3.05) is 5.32 Å². The lowest BCUT2D eigenvalue weighted by atomic mass is 9.96. The second kappa shape index (κ2) is 5.93. The van der Waals surface area contributed by atoms with Gasteiger partial charge in [-0.05, 0) is 43.4 Å². The Morgan fingerprint density at radius 3 is 2.05 bits per heavy atom. The first-order chi connectivity index (χ1) is 8.70. The van der Waals surface area contributed by atoms with Crippen molar-refractivity contribution < 1.29 is 9.59 Å².